The molecule has 5 heteroatoms. The number of pyridine rings is 2. The molecule has 0 N–H and O–H groups in total. The van der Waals surface area contributed by atoms with E-state index >= 15 is 0 Å². The lowest BCUT2D eigenvalue weighted by Gasteiger charge is -2.41. The van der Waals surface area contributed by atoms with E-state index in [2.05, 4.69) is 14.9 Å². The van der Waals surface area contributed by atoms with Crippen molar-refractivity contribution in [2.75, 3.05) is 19.6 Å². The lowest BCUT2D eigenvalue weighted by atomic mass is 9.90. The van der Waals surface area contributed by atoms with Gasteiger partial charge in [0.2, 0.25) is 5.91 Å². The highest BCUT2D eigenvalue weighted by atomic mass is 16.2. The topological polar surface area (TPSA) is 49.3 Å². The molecule has 164 valence electrons. The zero-order chi connectivity index (χ0) is 21.3. The van der Waals surface area contributed by atoms with Crippen LogP contribution in [0.15, 0.2) is 55.0 Å². The fraction of sp³-hybridized carbons (Fsp3) is 0.500. The Morgan fingerprint density at radius 1 is 1.06 bits per heavy atom. The van der Waals surface area contributed by atoms with Gasteiger partial charge in [-0.25, -0.2) is 0 Å². The van der Waals surface area contributed by atoms with Crippen LogP contribution in [0.4, 0.5) is 0 Å². The number of likely N-dealkylation sites (tertiary alicyclic amines) is 1. The van der Waals surface area contributed by atoms with Gasteiger partial charge in [0.1, 0.15) is 0 Å². The highest BCUT2D eigenvalue weighted by molar-refractivity contribution is 5.91. The van der Waals surface area contributed by atoms with Gasteiger partial charge in [-0.3, -0.25) is 14.8 Å². The van der Waals surface area contributed by atoms with Gasteiger partial charge in [-0.1, -0.05) is 31.4 Å². The summed E-state index contributed by atoms with van der Waals surface area (Å²) >= 11 is 0. The molecule has 1 aliphatic heterocycles. The lowest BCUT2D eigenvalue weighted by Crippen LogP contribution is -2.46. The third-order valence-corrected chi connectivity index (χ3v) is 6.61. The first-order valence-electron chi connectivity index (χ1n) is 11.8. The molecule has 3 heterocycles. The van der Waals surface area contributed by atoms with Crippen LogP contribution >= 0.6 is 0 Å². The SMILES string of the molecule is O=C(/C=C/c1ccccn1)N(Cc1cccnc1)CC1CCCN(C2CCCCC2)C1. The smallest absolute Gasteiger partial charge is 0.246 e. The second-order valence-corrected chi connectivity index (χ2v) is 8.96. The summed E-state index contributed by atoms with van der Waals surface area (Å²) in [5.41, 5.74) is 1.88. The largest absolute Gasteiger partial charge is 0.334 e. The predicted molar refractivity (Wildman–Crippen MR) is 124 cm³/mol. The normalized spacial score (nSPS) is 20.7. The first-order chi connectivity index (χ1) is 15.3. The third-order valence-electron chi connectivity index (χ3n) is 6.61. The molecule has 5 nitrogen and oxygen atoms in total. The molecule has 4 rings (SSSR count). The summed E-state index contributed by atoms with van der Waals surface area (Å²) in [7, 11) is 0. The molecule has 1 atom stereocenters. The molecule has 0 radical (unpaired) electrons. The van der Waals surface area contributed by atoms with Crippen LogP contribution in [0.25, 0.3) is 6.08 Å². The minimum Gasteiger partial charge on any atom is -0.334 e. The molecule has 2 fully saturated rings. The van der Waals surface area contributed by atoms with Crippen molar-refractivity contribution in [2.24, 2.45) is 5.92 Å². The highest BCUT2D eigenvalue weighted by Gasteiger charge is 2.28. The van der Waals surface area contributed by atoms with Crippen molar-refractivity contribution in [2.45, 2.75) is 57.5 Å². The summed E-state index contributed by atoms with van der Waals surface area (Å²) in [6, 6.07) is 10.5. The summed E-state index contributed by atoms with van der Waals surface area (Å²) in [5, 5.41) is 0. The number of carbonyl (C=O) groups is 1. The second kappa shape index (κ2) is 11.2. The Bertz CT molecular complexity index is 833. The number of amides is 1. The summed E-state index contributed by atoms with van der Waals surface area (Å²) in [6.07, 6.45) is 18.1. The minimum atomic E-state index is 0.0456. The van der Waals surface area contributed by atoms with E-state index < -0.39 is 0 Å². The van der Waals surface area contributed by atoms with Crippen LogP contribution < -0.4 is 0 Å². The lowest BCUT2D eigenvalue weighted by molar-refractivity contribution is -0.127. The molecule has 1 amide bonds. The molecular formula is C26H34N4O. The molecule has 0 bridgehead atoms. The van der Waals surface area contributed by atoms with E-state index in [4.69, 9.17) is 0 Å². The van der Waals surface area contributed by atoms with Gasteiger partial charge < -0.3 is 9.80 Å². The van der Waals surface area contributed by atoms with Gasteiger partial charge >= 0.3 is 0 Å². The number of nitrogens with zero attached hydrogens (tertiary/aromatic N) is 4. The van der Waals surface area contributed by atoms with Gasteiger partial charge in [0.25, 0.3) is 0 Å². The van der Waals surface area contributed by atoms with Crippen molar-refractivity contribution in [3.63, 3.8) is 0 Å². The van der Waals surface area contributed by atoms with Gasteiger partial charge in [-0.2, -0.15) is 0 Å². The first kappa shape index (κ1) is 21.7. The monoisotopic (exact) mass is 418 g/mol. The Morgan fingerprint density at radius 2 is 1.97 bits per heavy atom. The number of piperidine rings is 1. The van der Waals surface area contributed by atoms with Gasteiger partial charge in [-0.15, -0.1) is 0 Å². The average Bonchev–Trinajstić information content (AvgIpc) is 2.84. The van der Waals surface area contributed by atoms with Crippen molar-refractivity contribution in [3.8, 4) is 0 Å². The number of hydrogen-bond acceptors (Lipinski definition) is 4. The molecule has 2 aliphatic rings. The fourth-order valence-corrected chi connectivity index (χ4v) is 5.02. The van der Waals surface area contributed by atoms with Gasteiger partial charge in [0.15, 0.2) is 0 Å². The third kappa shape index (κ3) is 6.47. The molecule has 0 spiro atoms. The summed E-state index contributed by atoms with van der Waals surface area (Å²) in [6.45, 7) is 3.73. The van der Waals surface area contributed by atoms with E-state index in [0.29, 0.717) is 12.5 Å². The van der Waals surface area contributed by atoms with Crippen molar-refractivity contribution in [1.29, 1.82) is 0 Å². The Hall–Kier alpha value is -2.53. The predicted octanol–water partition coefficient (Wildman–Crippen LogP) is 4.56. The number of carbonyl (C=O) groups excluding carboxylic acids is 1. The average molecular weight is 419 g/mol. The van der Waals surface area contributed by atoms with Crippen LogP contribution in [0.5, 0.6) is 0 Å². The van der Waals surface area contributed by atoms with Crippen LogP contribution in [0.1, 0.15) is 56.2 Å². The number of aromatic nitrogens is 2. The fourth-order valence-electron chi connectivity index (χ4n) is 5.02. The summed E-state index contributed by atoms with van der Waals surface area (Å²) < 4.78 is 0. The Labute approximate surface area is 186 Å². The minimum absolute atomic E-state index is 0.0456. The van der Waals surface area contributed by atoms with E-state index in [0.717, 1.165) is 30.4 Å². The van der Waals surface area contributed by atoms with Crippen LogP contribution in [0, 0.1) is 5.92 Å². The van der Waals surface area contributed by atoms with Gasteiger partial charge in [0, 0.05) is 50.3 Å². The maximum Gasteiger partial charge on any atom is 0.246 e. The van der Waals surface area contributed by atoms with Crippen LogP contribution in [-0.2, 0) is 11.3 Å². The number of hydrogen-bond donors (Lipinski definition) is 0. The highest BCUT2D eigenvalue weighted by Crippen LogP contribution is 2.27. The van der Waals surface area contributed by atoms with Gasteiger partial charge in [-0.05, 0) is 68.0 Å². The van der Waals surface area contributed by atoms with Crippen LogP contribution in [0.2, 0.25) is 0 Å². The Balaban J connectivity index is 1.43. The summed E-state index contributed by atoms with van der Waals surface area (Å²) in [4.78, 5) is 26.4. The quantitative estimate of drug-likeness (QED) is 0.619. The summed E-state index contributed by atoms with van der Waals surface area (Å²) in [5.74, 6) is 0.573. The van der Waals surface area contributed by atoms with E-state index in [1.54, 1.807) is 18.5 Å². The Morgan fingerprint density at radius 3 is 2.74 bits per heavy atom. The molecule has 0 aromatic carbocycles. The van der Waals surface area contributed by atoms with Crippen molar-refractivity contribution in [3.05, 3.63) is 66.3 Å². The second-order valence-electron chi connectivity index (χ2n) is 8.96. The van der Waals surface area contributed by atoms with Crippen LogP contribution in [-0.4, -0.2) is 51.4 Å². The Kier molecular flexibility index (Phi) is 7.83. The van der Waals surface area contributed by atoms with Crippen LogP contribution in [0.3, 0.4) is 0 Å². The maximum atomic E-state index is 13.2. The zero-order valence-electron chi connectivity index (χ0n) is 18.4. The standard InChI is InChI=1S/C26H34N4O/c31-26(14-13-24-10-4-5-16-28-24)30(19-22-8-6-15-27-18-22)21-23-9-7-17-29(20-23)25-11-2-1-3-12-25/h4-6,8,10,13-16,18,23,25H,1-3,7,9,11-12,17,19-21H2/b14-13+. The first-order valence-corrected chi connectivity index (χ1v) is 11.8. The van der Waals surface area contributed by atoms with Crippen molar-refractivity contribution >= 4 is 12.0 Å². The molecule has 1 saturated heterocycles. The molecular weight excluding hydrogens is 384 g/mol. The molecule has 2 aromatic heterocycles. The molecule has 1 saturated carbocycles. The van der Waals surface area contributed by atoms with Gasteiger partial charge in [0.05, 0.1) is 5.69 Å². The van der Waals surface area contributed by atoms with E-state index in [1.165, 1.54) is 51.5 Å². The van der Waals surface area contributed by atoms with E-state index in [1.807, 2.05) is 47.5 Å². The van der Waals surface area contributed by atoms with Crippen molar-refractivity contribution in [1.82, 2.24) is 19.8 Å². The molecule has 2 aromatic rings. The maximum absolute atomic E-state index is 13.2. The van der Waals surface area contributed by atoms with E-state index in [-0.39, 0.29) is 5.91 Å². The van der Waals surface area contributed by atoms with E-state index in [9.17, 15) is 4.79 Å². The molecule has 31 heavy (non-hydrogen) atoms. The molecule has 1 aliphatic carbocycles. The molecule has 1 unspecified atom stereocenters. The number of rotatable bonds is 7. The zero-order valence-corrected chi connectivity index (χ0v) is 18.4. The van der Waals surface area contributed by atoms with Crippen molar-refractivity contribution < 1.29 is 4.79 Å².